The van der Waals surface area contributed by atoms with Gasteiger partial charge in [-0.1, -0.05) is 121 Å². The molecule has 6 aromatic carbocycles. The van der Waals surface area contributed by atoms with Gasteiger partial charge in [0, 0.05) is 11.1 Å². The number of benzene rings is 6. The highest BCUT2D eigenvalue weighted by Gasteiger charge is 2.49. The number of phenolic OH excluding ortho intramolecular Hbond substituents is 2. The van der Waals surface area contributed by atoms with E-state index in [2.05, 4.69) is 98.8 Å². The van der Waals surface area contributed by atoms with Crippen LogP contribution in [-0.4, -0.2) is 10.2 Å². The van der Waals surface area contributed by atoms with Gasteiger partial charge in [-0.05, 0) is 94.5 Å². The Hall–Kier alpha value is -5.08. The summed E-state index contributed by atoms with van der Waals surface area (Å²) in [6, 6.07) is 41.6. The molecule has 1 aliphatic carbocycles. The zero-order chi connectivity index (χ0) is 29.9. The Morgan fingerprint density at radius 3 is 1.16 bits per heavy atom. The smallest absolute Gasteiger partial charge is 0.123 e. The molecule has 43 heavy (non-hydrogen) atoms. The molecule has 0 bridgehead atoms. The summed E-state index contributed by atoms with van der Waals surface area (Å²) in [4.78, 5) is 0. The van der Waals surface area contributed by atoms with E-state index in [1.165, 1.54) is 0 Å². The average Bonchev–Trinajstić information content (AvgIpc) is 3.33. The molecular formula is C41H34O2. The Labute approximate surface area is 253 Å². The third-order valence-electron chi connectivity index (χ3n) is 9.37. The number of phenols is 2. The van der Waals surface area contributed by atoms with E-state index in [0.717, 1.165) is 77.9 Å². The van der Waals surface area contributed by atoms with Crippen LogP contribution < -0.4 is 0 Å². The lowest BCUT2D eigenvalue weighted by atomic mass is 9.65. The number of hydrogen-bond acceptors (Lipinski definition) is 2. The molecule has 0 radical (unpaired) electrons. The van der Waals surface area contributed by atoms with Gasteiger partial charge >= 0.3 is 0 Å². The second-order valence-corrected chi connectivity index (χ2v) is 11.8. The van der Waals surface area contributed by atoms with E-state index in [1.807, 2.05) is 50.2 Å². The average molecular weight is 559 g/mol. The van der Waals surface area contributed by atoms with Gasteiger partial charge in [-0.25, -0.2) is 0 Å². The molecule has 7 rings (SSSR count). The van der Waals surface area contributed by atoms with Crippen LogP contribution in [-0.2, 0) is 5.41 Å². The molecular weight excluding hydrogens is 524 g/mol. The predicted molar refractivity (Wildman–Crippen MR) is 177 cm³/mol. The third kappa shape index (κ3) is 3.79. The minimum Gasteiger partial charge on any atom is -0.507 e. The fraction of sp³-hybridized carbons (Fsp3) is 0.122. The molecule has 0 fully saturated rings. The lowest BCUT2D eigenvalue weighted by Crippen LogP contribution is -2.30. The fourth-order valence-electron chi connectivity index (χ4n) is 7.58. The van der Waals surface area contributed by atoms with Crippen molar-refractivity contribution in [3.63, 3.8) is 0 Å². The van der Waals surface area contributed by atoms with Gasteiger partial charge in [0.25, 0.3) is 0 Å². The summed E-state index contributed by atoms with van der Waals surface area (Å²) < 4.78 is 0. The van der Waals surface area contributed by atoms with Crippen molar-refractivity contribution in [2.24, 2.45) is 0 Å². The van der Waals surface area contributed by atoms with E-state index in [9.17, 15) is 10.2 Å². The van der Waals surface area contributed by atoms with E-state index in [4.69, 9.17) is 0 Å². The SMILES string of the molecule is Cc1cc(C2(c3cc(C)c(-c4ccccc4)c(C)c3O)c3ccccc3-c3ccccc32)c(O)c(C)c1-c1ccccc1. The quantitative estimate of drug-likeness (QED) is 0.226. The van der Waals surface area contributed by atoms with Crippen molar-refractivity contribution in [3.05, 3.63) is 166 Å². The number of hydrogen-bond donors (Lipinski definition) is 2. The zero-order valence-corrected chi connectivity index (χ0v) is 24.9. The largest absolute Gasteiger partial charge is 0.507 e. The van der Waals surface area contributed by atoms with Crippen LogP contribution >= 0.6 is 0 Å². The van der Waals surface area contributed by atoms with Crippen molar-refractivity contribution in [1.29, 1.82) is 0 Å². The first-order chi connectivity index (χ1) is 20.9. The van der Waals surface area contributed by atoms with Gasteiger partial charge < -0.3 is 10.2 Å². The summed E-state index contributed by atoms with van der Waals surface area (Å²) in [6.07, 6.45) is 0. The molecule has 0 spiro atoms. The van der Waals surface area contributed by atoms with Crippen LogP contribution in [0.4, 0.5) is 0 Å². The number of aryl methyl sites for hydroxylation is 2. The first-order valence-corrected chi connectivity index (χ1v) is 14.8. The highest BCUT2D eigenvalue weighted by Crippen LogP contribution is 2.61. The van der Waals surface area contributed by atoms with E-state index in [-0.39, 0.29) is 11.5 Å². The van der Waals surface area contributed by atoms with Crippen LogP contribution in [0.1, 0.15) is 44.5 Å². The molecule has 0 aromatic heterocycles. The Kier molecular flexibility index (Phi) is 6.25. The topological polar surface area (TPSA) is 40.5 Å². The Morgan fingerprint density at radius 2 is 0.767 bits per heavy atom. The number of aromatic hydroxyl groups is 2. The van der Waals surface area contributed by atoms with Crippen LogP contribution in [0.25, 0.3) is 33.4 Å². The Morgan fingerprint density at radius 1 is 0.419 bits per heavy atom. The van der Waals surface area contributed by atoms with Gasteiger partial charge in [0.05, 0.1) is 5.41 Å². The normalized spacial score (nSPS) is 13.0. The second-order valence-electron chi connectivity index (χ2n) is 11.8. The predicted octanol–water partition coefficient (Wildman–Crippen LogP) is 10.0. The standard InChI is InChI=1S/C41H34O2/c1-25-23-35(39(42)27(3)37(25)29-15-7-5-8-16-29)41(33-21-13-11-19-31(33)32-20-12-14-22-34(32)41)36-24-26(2)38(28(4)40(36)43)30-17-9-6-10-18-30/h5-24,42-43H,1-4H3. The summed E-state index contributed by atoms with van der Waals surface area (Å²) >= 11 is 0. The fourth-order valence-corrected chi connectivity index (χ4v) is 7.58. The Balaban J connectivity index is 1.63. The first kappa shape index (κ1) is 26.8. The maximum atomic E-state index is 12.3. The van der Waals surface area contributed by atoms with Crippen LogP contribution in [0.3, 0.4) is 0 Å². The molecule has 1 aliphatic rings. The minimum absolute atomic E-state index is 0.248. The van der Waals surface area contributed by atoms with Crippen LogP contribution in [0.5, 0.6) is 11.5 Å². The molecule has 0 unspecified atom stereocenters. The molecule has 2 heteroatoms. The van der Waals surface area contributed by atoms with E-state index in [1.54, 1.807) is 0 Å². The number of fused-ring (bicyclic) bond motifs is 3. The second kappa shape index (κ2) is 10.0. The zero-order valence-electron chi connectivity index (χ0n) is 24.9. The van der Waals surface area contributed by atoms with Crippen molar-refractivity contribution in [2.75, 3.05) is 0 Å². The molecule has 2 N–H and O–H groups in total. The van der Waals surface area contributed by atoms with Gasteiger partial charge in [0.15, 0.2) is 0 Å². The van der Waals surface area contributed by atoms with Crippen LogP contribution in [0, 0.1) is 27.7 Å². The first-order valence-electron chi connectivity index (χ1n) is 14.8. The van der Waals surface area contributed by atoms with Gasteiger partial charge in [-0.15, -0.1) is 0 Å². The molecule has 0 heterocycles. The monoisotopic (exact) mass is 558 g/mol. The van der Waals surface area contributed by atoms with Crippen molar-refractivity contribution in [1.82, 2.24) is 0 Å². The van der Waals surface area contributed by atoms with Gasteiger partial charge in [0.2, 0.25) is 0 Å². The highest BCUT2D eigenvalue weighted by molar-refractivity contribution is 5.90. The molecule has 0 saturated heterocycles. The van der Waals surface area contributed by atoms with E-state index < -0.39 is 5.41 Å². The summed E-state index contributed by atoms with van der Waals surface area (Å²) in [6.45, 7) is 8.24. The van der Waals surface area contributed by atoms with Crippen molar-refractivity contribution >= 4 is 0 Å². The lowest BCUT2D eigenvalue weighted by molar-refractivity contribution is 0.444. The molecule has 0 amide bonds. The van der Waals surface area contributed by atoms with E-state index in [0.29, 0.717) is 0 Å². The lowest BCUT2D eigenvalue weighted by Gasteiger charge is -2.37. The minimum atomic E-state index is -0.934. The molecule has 0 atom stereocenters. The van der Waals surface area contributed by atoms with Gasteiger partial charge in [-0.3, -0.25) is 0 Å². The van der Waals surface area contributed by atoms with Gasteiger partial charge in [0.1, 0.15) is 11.5 Å². The molecule has 6 aromatic rings. The highest BCUT2D eigenvalue weighted by atomic mass is 16.3. The van der Waals surface area contributed by atoms with Crippen LogP contribution in [0.2, 0.25) is 0 Å². The molecule has 0 aliphatic heterocycles. The molecule has 0 saturated carbocycles. The summed E-state index contributed by atoms with van der Waals surface area (Å²) in [5.41, 5.74) is 13.0. The summed E-state index contributed by atoms with van der Waals surface area (Å²) in [7, 11) is 0. The van der Waals surface area contributed by atoms with Crippen molar-refractivity contribution in [3.8, 4) is 44.9 Å². The van der Waals surface area contributed by atoms with Crippen molar-refractivity contribution < 1.29 is 10.2 Å². The number of rotatable bonds is 4. The molecule has 2 nitrogen and oxygen atoms in total. The van der Waals surface area contributed by atoms with Crippen LogP contribution in [0.15, 0.2) is 121 Å². The van der Waals surface area contributed by atoms with Gasteiger partial charge in [-0.2, -0.15) is 0 Å². The molecule has 210 valence electrons. The summed E-state index contributed by atoms with van der Waals surface area (Å²) in [5.74, 6) is 0.496. The Bertz CT molecular complexity index is 1870. The summed E-state index contributed by atoms with van der Waals surface area (Å²) in [5, 5.41) is 24.6. The third-order valence-corrected chi connectivity index (χ3v) is 9.37. The maximum absolute atomic E-state index is 12.3. The van der Waals surface area contributed by atoms with E-state index >= 15 is 0 Å². The van der Waals surface area contributed by atoms with Crippen molar-refractivity contribution in [2.45, 2.75) is 33.1 Å². The maximum Gasteiger partial charge on any atom is 0.123 e.